The molecule has 182 valence electrons. The maximum Gasteiger partial charge on any atom is 0.306 e. The first-order valence-electron chi connectivity index (χ1n) is 11.2. The van der Waals surface area contributed by atoms with Gasteiger partial charge in [-0.25, -0.2) is 0 Å². The van der Waals surface area contributed by atoms with E-state index in [9.17, 15) is 14.4 Å². The van der Waals surface area contributed by atoms with Crippen molar-refractivity contribution in [1.29, 1.82) is 0 Å². The second-order valence-electron chi connectivity index (χ2n) is 8.27. The van der Waals surface area contributed by atoms with Gasteiger partial charge in [0.1, 0.15) is 11.5 Å². The fourth-order valence-corrected chi connectivity index (χ4v) is 4.20. The molecule has 3 rings (SSSR count). The lowest BCUT2D eigenvalue weighted by atomic mass is 9.87. The van der Waals surface area contributed by atoms with Crippen LogP contribution in [0.3, 0.4) is 0 Å². The number of methoxy groups -OCH3 is 1. The molecule has 9 heteroatoms. The molecule has 1 fully saturated rings. The molecule has 1 aliphatic rings. The average Bonchev–Trinajstić information content (AvgIpc) is 2.82. The third-order valence-corrected chi connectivity index (χ3v) is 6.18. The van der Waals surface area contributed by atoms with Gasteiger partial charge >= 0.3 is 5.97 Å². The number of hydrogen-bond acceptors (Lipinski definition) is 5. The number of amides is 2. The van der Waals surface area contributed by atoms with E-state index in [0.29, 0.717) is 48.3 Å². The number of nitrogens with one attached hydrogen (secondary N) is 2. The molecule has 0 heterocycles. The third kappa shape index (κ3) is 6.63. The number of benzene rings is 2. The molecule has 34 heavy (non-hydrogen) atoms. The molecule has 0 bridgehead atoms. The van der Waals surface area contributed by atoms with E-state index in [4.69, 9.17) is 26.2 Å². The molecule has 0 aromatic heterocycles. The molecule has 0 aliphatic heterocycles. The first-order valence-corrected chi connectivity index (χ1v) is 11.6. The maximum absolute atomic E-state index is 12.5. The van der Waals surface area contributed by atoms with Crippen molar-refractivity contribution in [3.8, 4) is 11.5 Å². The summed E-state index contributed by atoms with van der Waals surface area (Å²) in [6, 6.07) is 10.0. The first kappa shape index (κ1) is 25.4. The van der Waals surface area contributed by atoms with Crippen molar-refractivity contribution in [2.45, 2.75) is 38.7 Å². The van der Waals surface area contributed by atoms with E-state index < -0.39 is 5.97 Å². The highest BCUT2D eigenvalue weighted by Crippen LogP contribution is 2.30. The summed E-state index contributed by atoms with van der Waals surface area (Å²) in [5, 5.41) is 14.9. The molecule has 1 aliphatic carbocycles. The standard InChI is InChI=1S/C25H29ClN2O6/c1-15-13-17(5-10-22(15)33-2)23(29)27-11-12-28-24(30)20-9-8-19(14-21(20)26)34-18-6-3-16(4-7-18)25(31)32/h5,8-10,13-14,16,18H,3-4,6-7,11-12H2,1-2H3,(H,27,29)(H,28,30)(H,31,32). The fraction of sp³-hybridized carbons (Fsp3) is 0.400. The lowest BCUT2D eigenvalue weighted by Gasteiger charge is -2.26. The summed E-state index contributed by atoms with van der Waals surface area (Å²) in [7, 11) is 1.58. The molecular formula is C25H29ClN2O6. The molecule has 0 unspecified atom stereocenters. The van der Waals surface area contributed by atoms with Gasteiger partial charge in [-0.15, -0.1) is 0 Å². The molecule has 2 amide bonds. The van der Waals surface area contributed by atoms with Crippen LogP contribution in [0.25, 0.3) is 0 Å². The highest BCUT2D eigenvalue weighted by Gasteiger charge is 2.27. The molecular weight excluding hydrogens is 460 g/mol. The summed E-state index contributed by atoms with van der Waals surface area (Å²) in [5.41, 5.74) is 1.68. The minimum Gasteiger partial charge on any atom is -0.496 e. The Morgan fingerprint density at radius 2 is 1.68 bits per heavy atom. The monoisotopic (exact) mass is 488 g/mol. The Kier molecular flexibility index (Phi) is 8.76. The van der Waals surface area contributed by atoms with Crippen molar-refractivity contribution in [3.05, 3.63) is 58.1 Å². The largest absolute Gasteiger partial charge is 0.496 e. The van der Waals surface area contributed by atoms with Crippen molar-refractivity contribution < 1.29 is 29.0 Å². The molecule has 2 aromatic rings. The van der Waals surface area contributed by atoms with Gasteiger partial charge in [-0.05, 0) is 74.6 Å². The van der Waals surface area contributed by atoms with E-state index in [2.05, 4.69) is 10.6 Å². The molecule has 0 radical (unpaired) electrons. The third-order valence-electron chi connectivity index (χ3n) is 5.86. The zero-order valence-electron chi connectivity index (χ0n) is 19.2. The lowest BCUT2D eigenvalue weighted by molar-refractivity contribution is -0.143. The van der Waals surface area contributed by atoms with Gasteiger partial charge in [0.15, 0.2) is 0 Å². The zero-order chi connectivity index (χ0) is 24.7. The number of carbonyl (C=O) groups excluding carboxylic acids is 2. The second kappa shape index (κ2) is 11.7. The Bertz CT molecular complexity index is 1050. The normalized spacial score (nSPS) is 17.5. The number of carboxylic acid groups (broad SMARTS) is 1. The van der Waals surface area contributed by atoms with E-state index in [0.717, 1.165) is 5.56 Å². The minimum absolute atomic E-state index is 0.0653. The Morgan fingerprint density at radius 3 is 2.26 bits per heavy atom. The number of aliphatic carboxylic acids is 1. The fourth-order valence-electron chi connectivity index (χ4n) is 3.94. The van der Waals surface area contributed by atoms with Crippen LogP contribution in [0.2, 0.25) is 5.02 Å². The smallest absolute Gasteiger partial charge is 0.306 e. The summed E-state index contributed by atoms with van der Waals surface area (Å²) in [6.45, 7) is 2.36. The molecule has 8 nitrogen and oxygen atoms in total. The van der Waals surface area contributed by atoms with Crippen molar-refractivity contribution in [2.24, 2.45) is 5.92 Å². The number of hydrogen-bond donors (Lipinski definition) is 3. The predicted molar refractivity (Wildman–Crippen MR) is 128 cm³/mol. The lowest BCUT2D eigenvalue weighted by Crippen LogP contribution is -2.34. The molecule has 0 atom stereocenters. The SMILES string of the molecule is COc1ccc(C(=O)NCCNC(=O)c2ccc(OC3CCC(C(=O)O)CC3)cc2Cl)cc1C. The van der Waals surface area contributed by atoms with Crippen LogP contribution in [0.5, 0.6) is 11.5 Å². The van der Waals surface area contributed by atoms with Crippen LogP contribution in [0.15, 0.2) is 36.4 Å². The minimum atomic E-state index is -0.757. The number of halogens is 1. The van der Waals surface area contributed by atoms with Crippen molar-refractivity contribution >= 4 is 29.4 Å². The van der Waals surface area contributed by atoms with Crippen LogP contribution in [-0.2, 0) is 4.79 Å². The van der Waals surface area contributed by atoms with Crippen LogP contribution in [0.4, 0.5) is 0 Å². The topological polar surface area (TPSA) is 114 Å². The summed E-state index contributed by atoms with van der Waals surface area (Å²) < 4.78 is 11.1. The average molecular weight is 489 g/mol. The van der Waals surface area contributed by atoms with Crippen molar-refractivity contribution in [1.82, 2.24) is 10.6 Å². The van der Waals surface area contributed by atoms with Crippen LogP contribution in [-0.4, -0.2) is 49.2 Å². The van der Waals surface area contributed by atoms with Gasteiger partial charge < -0.3 is 25.2 Å². The highest BCUT2D eigenvalue weighted by atomic mass is 35.5. The Labute approximate surface area is 203 Å². The van der Waals surface area contributed by atoms with Gasteiger partial charge in [0, 0.05) is 18.7 Å². The van der Waals surface area contributed by atoms with E-state index in [1.807, 2.05) is 6.92 Å². The molecule has 1 saturated carbocycles. The maximum atomic E-state index is 12.5. The first-order chi connectivity index (χ1) is 16.3. The summed E-state index contributed by atoms with van der Waals surface area (Å²) in [6.07, 6.45) is 2.44. The van der Waals surface area contributed by atoms with Gasteiger partial charge in [-0.3, -0.25) is 14.4 Å². The van der Waals surface area contributed by atoms with Gasteiger partial charge in [0.25, 0.3) is 11.8 Å². The predicted octanol–water partition coefficient (Wildman–Crippen LogP) is 3.84. The van der Waals surface area contributed by atoms with Crippen LogP contribution in [0, 0.1) is 12.8 Å². The number of carbonyl (C=O) groups is 3. The number of carboxylic acids is 1. The quantitative estimate of drug-likeness (QED) is 0.462. The van der Waals surface area contributed by atoms with Crippen molar-refractivity contribution in [2.75, 3.05) is 20.2 Å². The zero-order valence-corrected chi connectivity index (χ0v) is 20.0. The number of aryl methyl sites for hydroxylation is 1. The van der Waals surface area contributed by atoms with E-state index in [-0.39, 0.29) is 41.9 Å². The van der Waals surface area contributed by atoms with E-state index >= 15 is 0 Å². The summed E-state index contributed by atoms with van der Waals surface area (Å²) >= 11 is 6.29. The summed E-state index contributed by atoms with van der Waals surface area (Å²) in [5.74, 6) is -0.401. The molecule has 0 saturated heterocycles. The van der Waals surface area contributed by atoms with Crippen LogP contribution < -0.4 is 20.1 Å². The van der Waals surface area contributed by atoms with Gasteiger partial charge in [-0.2, -0.15) is 0 Å². The molecule has 3 N–H and O–H groups in total. The highest BCUT2D eigenvalue weighted by molar-refractivity contribution is 6.34. The van der Waals surface area contributed by atoms with Gasteiger partial charge in [0.05, 0.1) is 29.7 Å². The van der Waals surface area contributed by atoms with Crippen LogP contribution >= 0.6 is 11.6 Å². The summed E-state index contributed by atoms with van der Waals surface area (Å²) in [4.78, 5) is 35.8. The Morgan fingerprint density at radius 1 is 1.00 bits per heavy atom. The van der Waals surface area contributed by atoms with E-state index in [1.54, 1.807) is 43.5 Å². The Hall–Kier alpha value is -3.26. The molecule has 2 aromatic carbocycles. The van der Waals surface area contributed by atoms with Gasteiger partial charge in [0.2, 0.25) is 0 Å². The number of rotatable bonds is 9. The molecule has 0 spiro atoms. The van der Waals surface area contributed by atoms with E-state index in [1.165, 1.54) is 0 Å². The second-order valence-corrected chi connectivity index (χ2v) is 8.67. The van der Waals surface area contributed by atoms with Gasteiger partial charge in [-0.1, -0.05) is 11.6 Å². The number of ether oxygens (including phenoxy) is 2. The Balaban J connectivity index is 1.44. The van der Waals surface area contributed by atoms with Crippen LogP contribution in [0.1, 0.15) is 52.0 Å². The van der Waals surface area contributed by atoms with Crippen molar-refractivity contribution in [3.63, 3.8) is 0 Å².